The van der Waals surface area contributed by atoms with Crippen LogP contribution in [0.2, 0.25) is 0 Å². The van der Waals surface area contributed by atoms with Gasteiger partial charge in [0.1, 0.15) is 0 Å². The highest BCUT2D eigenvalue weighted by atomic mass is 79.9. The number of hydrogen-bond donors (Lipinski definition) is 1. The van der Waals surface area contributed by atoms with E-state index in [-0.39, 0.29) is 5.91 Å². The molecule has 6 heteroatoms. The van der Waals surface area contributed by atoms with Crippen molar-refractivity contribution in [2.45, 2.75) is 6.29 Å². The van der Waals surface area contributed by atoms with Gasteiger partial charge in [0, 0.05) is 19.6 Å². The van der Waals surface area contributed by atoms with Gasteiger partial charge in [0.05, 0.1) is 15.9 Å². The summed E-state index contributed by atoms with van der Waals surface area (Å²) >= 11 is 4.77. The van der Waals surface area contributed by atoms with Crippen molar-refractivity contribution in [1.82, 2.24) is 5.32 Å². The van der Waals surface area contributed by atoms with Gasteiger partial charge >= 0.3 is 0 Å². The number of methoxy groups -OCH3 is 2. The number of nitrogens with one attached hydrogen (secondary N) is 1. The normalized spacial score (nSPS) is 10.7. The predicted octanol–water partition coefficient (Wildman–Crippen LogP) is 1.86. The standard InChI is InChI=1S/C9H12BrNO3S/c1-13-8(14-2)4-11-9(12)6-3-7(10)15-5-6/h3,5,8H,4H2,1-2H3,(H,11,12). The van der Waals surface area contributed by atoms with Crippen LogP contribution >= 0.6 is 27.3 Å². The van der Waals surface area contributed by atoms with Gasteiger partial charge in [-0.1, -0.05) is 0 Å². The van der Waals surface area contributed by atoms with Crippen LogP contribution in [0.3, 0.4) is 0 Å². The second-order valence-corrected chi connectivity index (χ2v) is 5.04. The molecule has 0 spiro atoms. The van der Waals surface area contributed by atoms with Gasteiger partial charge in [-0.2, -0.15) is 0 Å². The summed E-state index contributed by atoms with van der Waals surface area (Å²) in [4.78, 5) is 11.6. The third-order valence-corrected chi connectivity index (χ3v) is 3.29. The summed E-state index contributed by atoms with van der Waals surface area (Å²) < 4.78 is 10.8. The number of rotatable bonds is 5. The lowest BCUT2D eigenvalue weighted by Gasteiger charge is -2.13. The Balaban J connectivity index is 2.42. The highest BCUT2D eigenvalue weighted by Gasteiger charge is 2.10. The summed E-state index contributed by atoms with van der Waals surface area (Å²) in [6, 6.07) is 1.77. The highest BCUT2D eigenvalue weighted by Crippen LogP contribution is 2.20. The zero-order valence-corrected chi connectivity index (χ0v) is 10.9. The molecular formula is C9H12BrNO3S. The van der Waals surface area contributed by atoms with Gasteiger partial charge in [-0.05, 0) is 22.0 Å². The summed E-state index contributed by atoms with van der Waals surface area (Å²) in [5, 5.41) is 4.50. The molecule has 1 N–H and O–H groups in total. The van der Waals surface area contributed by atoms with E-state index in [1.54, 1.807) is 11.4 Å². The first-order chi connectivity index (χ1) is 7.17. The molecule has 0 aromatic carbocycles. The smallest absolute Gasteiger partial charge is 0.252 e. The third-order valence-electron chi connectivity index (χ3n) is 1.78. The van der Waals surface area contributed by atoms with Crippen LogP contribution < -0.4 is 5.32 Å². The van der Waals surface area contributed by atoms with Gasteiger partial charge in [-0.15, -0.1) is 11.3 Å². The molecule has 0 aliphatic rings. The first kappa shape index (κ1) is 12.6. The van der Waals surface area contributed by atoms with Crippen LogP contribution in [0.25, 0.3) is 0 Å². The van der Waals surface area contributed by atoms with Crippen molar-refractivity contribution in [3.05, 3.63) is 20.8 Å². The average molecular weight is 294 g/mol. The molecule has 0 saturated heterocycles. The lowest BCUT2D eigenvalue weighted by molar-refractivity contribution is -0.0974. The van der Waals surface area contributed by atoms with E-state index in [9.17, 15) is 4.79 Å². The second-order valence-electron chi connectivity index (χ2n) is 2.75. The molecule has 0 radical (unpaired) electrons. The Labute approximate surface area is 101 Å². The topological polar surface area (TPSA) is 47.6 Å². The van der Waals surface area contributed by atoms with Gasteiger partial charge in [0.15, 0.2) is 6.29 Å². The van der Waals surface area contributed by atoms with Crippen LogP contribution in [0.1, 0.15) is 10.4 Å². The number of carbonyl (C=O) groups is 1. The minimum Gasteiger partial charge on any atom is -0.354 e. The monoisotopic (exact) mass is 293 g/mol. The number of carbonyl (C=O) groups excluding carboxylic acids is 1. The van der Waals surface area contributed by atoms with Crippen molar-refractivity contribution in [1.29, 1.82) is 0 Å². The van der Waals surface area contributed by atoms with Crippen molar-refractivity contribution in [2.75, 3.05) is 20.8 Å². The van der Waals surface area contributed by atoms with E-state index in [0.29, 0.717) is 12.1 Å². The number of ether oxygens (including phenoxy) is 2. The van der Waals surface area contributed by atoms with Crippen molar-refractivity contribution >= 4 is 33.2 Å². The Morgan fingerprint density at radius 3 is 2.73 bits per heavy atom. The maximum Gasteiger partial charge on any atom is 0.252 e. The Morgan fingerprint density at radius 1 is 1.60 bits per heavy atom. The second kappa shape index (κ2) is 6.22. The Hall–Kier alpha value is -0.430. The summed E-state index contributed by atoms with van der Waals surface area (Å²) in [5.41, 5.74) is 0.637. The molecular weight excluding hydrogens is 282 g/mol. The average Bonchev–Trinajstić information content (AvgIpc) is 2.66. The maximum atomic E-state index is 11.6. The van der Waals surface area contributed by atoms with Crippen molar-refractivity contribution in [3.63, 3.8) is 0 Å². The molecule has 0 bridgehead atoms. The van der Waals surface area contributed by atoms with E-state index in [0.717, 1.165) is 3.79 Å². The van der Waals surface area contributed by atoms with E-state index in [2.05, 4.69) is 21.2 Å². The van der Waals surface area contributed by atoms with Crippen molar-refractivity contribution in [3.8, 4) is 0 Å². The molecule has 1 rings (SSSR count). The van der Waals surface area contributed by atoms with Gasteiger partial charge < -0.3 is 14.8 Å². The Kier molecular flexibility index (Phi) is 5.24. The third kappa shape index (κ3) is 3.90. The van der Waals surface area contributed by atoms with Gasteiger partial charge in [0.25, 0.3) is 5.91 Å². The van der Waals surface area contributed by atoms with Crippen LogP contribution in [-0.4, -0.2) is 33.0 Å². The van der Waals surface area contributed by atoms with Crippen LogP contribution in [0.5, 0.6) is 0 Å². The number of thiophene rings is 1. The lowest BCUT2D eigenvalue weighted by Crippen LogP contribution is -2.33. The van der Waals surface area contributed by atoms with E-state index < -0.39 is 6.29 Å². The zero-order chi connectivity index (χ0) is 11.3. The van der Waals surface area contributed by atoms with Crippen LogP contribution in [0, 0.1) is 0 Å². The van der Waals surface area contributed by atoms with Crippen molar-refractivity contribution < 1.29 is 14.3 Å². The molecule has 0 atom stereocenters. The largest absolute Gasteiger partial charge is 0.354 e. The van der Waals surface area contributed by atoms with Crippen molar-refractivity contribution in [2.24, 2.45) is 0 Å². The van der Waals surface area contributed by atoms with Crippen LogP contribution in [0.15, 0.2) is 15.2 Å². The maximum absolute atomic E-state index is 11.6. The molecule has 4 nitrogen and oxygen atoms in total. The molecule has 1 aromatic heterocycles. The van der Waals surface area contributed by atoms with Gasteiger partial charge in [-0.3, -0.25) is 4.79 Å². The first-order valence-electron chi connectivity index (χ1n) is 4.25. The highest BCUT2D eigenvalue weighted by molar-refractivity contribution is 9.11. The quantitative estimate of drug-likeness (QED) is 0.843. The fraction of sp³-hybridized carbons (Fsp3) is 0.444. The van der Waals surface area contributed by atoms with E-state index in [1.165, 1.54) is 25.6 Å². The molecule has 15 heavy (non-hydrogen) atoms. The molecule has 0 fully saturated rings. The zero-order valence-electron chi connectivity index (χ0n) is 8.45. The number of hydrogen-bond acceptors (Lipinski definition) is 4. The summed E-state index contributed by atoms with van der Waals surface area (Å²) in [6.45, 7) is 0.333. The molecule has 0 aliphatic carbocycles. The number of amides is 1. The van der Waals surface area contributed by atoms with Gasteiger partial charge in [-0.25, -0.2) is 0 Å². The van der Waals surface area contributed by atoms with Crippen LogP contribution in [-0.2, 0) is 9.47 Å². The first-order valence-corrected chi connectivity index (χ1v) is 5.92. The molecule has 1 heterocycles. The SMILES string of the molecule is COC(CNC(=O)c1csc(Br)c1)OC. The van der Waals surface area contributed by atoms with E-state index in [4.69, 9.17) is 9.47 Å². The minimum atomic E-state index is -0.406. The molecule has 1 amide bonds. The Bertz CT molecular complexity index is 325. The summed E-state index contributed by atoms with van der Waals surface area (Å²) in [5.74, 6) is -0.129. The Morgan fingerprint density at radius 2 is 2.27 bits per heavy atom. The molecule has 0 unspecified atom stereocenters. The molecule has 0 saturated carbocycles. The minimum absolute atomic E-state index is 0.129. The number of halogens is 1. The molecule has 1 aromatic rings. The molecule has 84 valence electrons. The molecule has 0 aliphatic heterocycles. The van der Waals surface area contributed by atoms with E-state index in [1.807, 2.05) is 0 Å². The predicted molar refractivity (Wildman–Crippen MR) is 62.2 cm³/mol. The fourth-order valence-electron chi connectivity index (χ4n) is 0.970. The fourth-order valence-corrected chi connectivity index (χ4v) is 2.11. The van der Waals surface area contributed by atoms with E-state index >= 15 is 0 Å². The summed E-state index contributed by atoms with van der Waals surface area (Å²) in [7, 11) is 3.06. The summed E-state index contributed by atoms with van der Waals surface area (Å²) in [6.07, 6.45) is -0.406. The van der Waals surface area contributed by atoms with Crippen LogP contribution in [0.4, 0.5) is 0 Å². The van der Waals surface area contributed by atoms with Gasteiger partial charge in [0.2, 0.25) is 0 Å². The lowest BCUT2D eigenvalue weighted by atomic mass is 10.3.